The zero-order valence-electron chi connectivity index (χ0n) is 11.2. The Morgan fingerprint density at radius 1 is 1.25 bits per heavy atom. The number of non-ortho nitro benzene ring substituents is 1. The minimum atomic E-state index is -0.430. The van der Waals surface area contributed by atoms with Crippen molar-refractivity contribution in [3.05, 3.63) is 28.3 Å². The predicted molar refractivity (Wildman–Crippen MR) is 75.8 cm³/mol. The normalized spacial score (nSPS) is 17.0. The van der Waals surface area contributed by atoms with E-state index in [1.165, 1.54) is 37.8 Å². The molecule has 0 amide bonds. The molecular formula is C14H17N3O3. The summed E-state index contributed by atoms with van der Waals surface area (Å²) in [5.74, 6) is 0. The van der Waals surface area contributed by atoms with Crippen molar-refractivity contribution in [1.29, 1.82) is 0 Å². The first-order chi connectivity index (χ1) is 9.72. The van der Waals surface area contributed by atoms with Crippen molar-refractivity contribution < 1.29 is 9.34 Å². The zero-order chi connectivity index (χ0) is 13.9. The summed E-state index contributed by atoms with van der Waals surface area (Å²) in [5, 5.41) is 14.0. The third-order valence-electron chi connectivity index (χ3n) is 3.77. The molecule has 0 unspecified atom stereocenters. The number of rotatable bonds is 3. The van der Waals surface area contributed by atoms with Crippen LogP contribution in [0.3, 0.4) is 0 Å². The van der Waals surface area contributed by atoms with Crippen LogP contribution in [0.2, 0.25) is 0 Å². The lowest BCUT2D eigenvalue weighted by molar-refractivity contribution is -0.384. The number of nitrogens with zero attached hydrogens (tertiary/aromatic N) is 2. The molecule has 0 radical (unpaired) electrons. The van der Waals surface area contributed by atoms with Gasteiger partial charge in [-0.2, -0.15) is 4.98 Å². The lowest BCUT2D eigenvalue weighted by Gasteiger charge is -2.13. The Labute approximate surface area is 116 Å². The van der Waals surface area contributed by atoms with Gasteiger partial charge in [-0.05, 0) is 18.9 Å². The highest BCUT2D eigenvalue weighted by atomic mass is 16.6. The van der Waals surface area contributed by atoms with Gasteiger partial charge in [-0.15, -0.1) is 0 Å². The van der Waals surface area contributed by atoms with Crippen molar-refractivity contribution in [3.63, 3.8) is 0 Å². The predicted octanol–water partition coefficient (Wildman–Crippen LogP) is 3.87. The Kier molecular flexibility index (Phi) is 3.54. The summed E-state index contributed by atoms with van der Waals surface area (Å²) in [6.07, 6.45) is 7.28. The van der Waals surface area contributed by atoms with Crippen LogP contribution in [0.4, 0.5) is 11.7 Å². The van der Waals surface area contributed by atoms with Crippen LogP contribution in [0.5, 0.6) is 0 Å². The summed E-state index contributed by atoms with van der Waals surface area (Å²) >= 11 is 0. The summed E-state index contributed by atoms with van der Waals surface area (Å²) in [5.41, 5.74) is 1.12. The van der Waals surface area contributed by atoms with Gasteiger partial charge in [0.2, 0.25) is 0 Å². The highest BCUT2D eigenvalue weighted by molar-refractivity contribution is 5.77. The lowest BCUT2D eigenvalue weighted by Crippen LogP contribution is -2.18. The van der Waals surface area contributed by atoms with Crippen molar-refractivity contribution in [3.8, 4) is 0 Å². The maximum Gasteiger partial charge on any atom is 0.295 e. The molecule has 1 aromatic carbocycles. The van der Waals surface area contributed by atoms with E-state index >= 15 is 0 Å². The van der Waals surface area contributed by atoms with Crippen LogP contribution in [0, 0.1) is 10.1 Å². The maximum atomic E-state index is 10.7. The first-order valence-electron chi connectivity index (χ1n) is 7.04. The van der Waals surface area contributed by atoms with Gasteiger partial charge in [0.1, 0.15) is 5.52 Å². The largest absolute Gasteiger partial charge is 0.423 e. The van der Waals surface area contributed by atoms with Crippen LogP contribution in [-0.4, -0.2) is 15.9 Å². The van der Waals surface area contributed by atoms with Crippen molar-refractivity contribution >= 4 is 22.8 Å². The van der Waals surface area contributed by atoms with Gasteiger partial charge in [-0.1, -0.05) is 25.7 Å². The number of anilines is 1. The first-order valence-corrected chi connectivity index (χ1v) is 7.04. The number of nitro benzene ring substituents is 1. The quantitative estimate of drug-likeness (QED) is 0.522. The number of fused-ring (bicyclic) bond motifs is 1. The summed E-state index contributed by atoms with van der Waals surface area (Å²) in [6, 6.07) is 5.34. The van der Waals surface area contributed by atoms with Gasteiger partial charge in [-0.25, -0.2) is 0 Å². The fourth-order valence-corrected chi connectivity index (χ4v) is 2.69. The molecule has 20 heavy (non-hydrogen) atoms. The fourth-order valence-electron chi connectivity index (χ4n) is 2.69. The van der Waals surface area contributed by atoms with E-state index in [0.717, 1.165) is 12.8 Å². The zero-order valence-corrected chi connectivity index (χ0v) is 11.2. The van der Waals surface area contributed by atoms with E-state index in [-0.39, 0.29) is 5.69 Å². The third-order valence-corrected chi connectivity index (χ3v) is 3.77. The van der Waals surface area contributed by atoms with E-state index in [0.29, 0.717) is 23.2 Å². The van der Waals surface area contributed by atoms with Gasteiger partial charge in [0, 0.05) is 12.1 Å². The van der Waals surface area contributed by atoms with Gasteiger partial charge in [0.05, 0.1) is 11.0 Å². The minimum Gasteiger partial charge on any atom is -0.423 e. The highest BCUT2D eigenvalue weighted by Gasteiger charge is 2.16. The summed E-state index contributed by atoms with van der Waals surface area (Å²) < 4.78 is 5.58. The Morgan fingerprint density at radius 3 is 2.70 bits per heavy atom. The van der Waals surface area contributed by atoms with Gasteiger partial charge in [0.25, 0.3) is 11.7 Å². The molecule has 0 aliphatic heterocycles. The van der Waals surface area contributed by atoms with Crippen molar-refractivity contribution in [1.82, 2.24) is 4.98 Å². The SMILES string of the molecule is O=[N+]([O-])c1ccc2nc(NC3CCCCCC3)oc2c1. The molecule has 3 rings (SSSR count). The standard InChI is InChI=1S/C14H17N3O3/c18-17(19)11-7-8-12-13(9-11)20-14(16-12)15-10-5-3-1-2-4-6-10/h7-10H,1-6H2,(H,15,16). The molecule has 6 nitrogen and oxygen atoms in total. The summed E-state index contributed by atoms with van der Waals surface area (Å²) in [4.78, 5) is 14.6. The molecule has 1 saturated carbocycles. The second-order valence-corrected chi connectivity index (χ2v) is 5.26. The third kappa shape index (κ3) is 2.74. The van der Waals surface area contributed by atoms with Crippen LogP contribution >= 0.6 is 0 Å². The van der Waals surface area contributed by atoms with Crippen LogP contribution < -0.4 is 5.32 Å². The van der Waals surface area contributed by atoms with E-state index in [1.807, 2.05) is 0 Å². The van der Waals surface area contributed by atoms with E-state index < -0.39 is 4.92 Å². The summed E-state index contributed by atoms with van der Waals surface area (Å²) in [6.45, 7) is 0. The number of oxazole rings is 1. The van der Waals surface area contributed by atoms with Crippen LogP contribution in [-0.2, 0) is 0 Å². The average Bonchev–Trinajstić information content (AvgIpc) is 2.64. The Morgan fingerprint density at radius 2 is 2.00 bits per heavy atom. The van der Waals surface area contributed by atoms with Crippen LogP contribution in [0.1, 0.15) is 38.5 Å². The monoisotopic (exact) mass is 275 g/mol. The van der Waals surface area contributed by atoms with Crippen LogP contribution in [0.25, 0.3) is 11.1 Å². The number of hydrogen-bond acceptors (Lipinski definition) is 5. The highest BCUT2D eigenvalue weighted by Crippen LogP contribution is 2.26. The molecular weight excluding hydrogens is 258 g/mol. The molecule has 1 fully saturated rings. The summed E-state index contributed by atoms with van der Waals surface area (Å²) in [7, 11) is 0. The number of nitrogens with one attached hydrogen (secondary N) is 1. The molecule has 0 atom stereocenters. The Balaban J connectivity index is 1.79. The molecule has 0 bridgehead atoms. The second-order valence-electron chi connectivity index (χ2n) is 5.26. The molecule has 1 aliphatic carbocycles. The van der Waals surface area contributed by atoms with Crippen molar-refractivity contribution in [2.45, 2.75) is 44.6 Å². The van der Waals surface area contributed by atoms with Crippen molar-refractivity contribution in [2.24, 2.45) is 0 Å². The lowest BCUT2D eigenvalue weighted by atomic mass is 10.1. The van der Waals surface area contributed by atoms with E-state index in [1.54, 1.807) is 6.07 Å². The Hall–Kier alpha value is -2.11. The number of nitro groups is 1. The number of hydrogen-bond donors (Lipinski definition) is 1. The minimum absolute atomic E-state index is 0.0228. The fraction of sp³-hybridized carbons (Fsp3) is 0.500. The van der Waals surface area contributed by atoms with E-state index in [9.17, 15) is 10.1 Å². The van der Waals surface area contributed by atoms with Crippen LogP contribution in [0.15, 0.2) is 22.6 Å². The first kappa shape index (κ1) is 12.9. The molecule has 1 heterocycles. The second kappa shape index (κ2) is 5.48. The number of benzene rings is 1. The van der Waals surface area contributed by atoms with Gasteiger partial charge in [-0.3, -0.25) is 10.1 Å². The molecule has 0 saturated heterocycles. The smallest absolute Gasteiger partial charge is 0.295 e. The van der Waals surface area contributed by atoms with E-state index in [2.05, 4.69) is 10.3 Å². The number of aromatic nitrogens is 1. The van der Waals surface area contributed by atoms with Crippen molar-refractivity contribution in [2.75, 3.05) is 5.32 Å². The Bertz CT molecular complexity index is 615. The van der Waals surface area contributed by atoms with Gasteiger partial charge < -0.3 is 9.73 Å². The van der Waals surface area contributed by atoms with E-state index in [4.69, 9.17) is 4.42 Å². The molecule has 1 aromatic heterocycles. The molecule has 106 valence electrons. The molecule has 0 spiro atoms. The molecule has 1 N–H and O–H groups in total. The molecule has 6 heteroatoms. The van der Waals surface area contributed by atoms with Gasteiger partial charge in [0.15, 0.2) is 5.58 Å². The topological polar surface area (TPSA) is 81.2 Å². The molecule has 1 aliphatic rings. The molecule has 2 aromatic rings. The van der Waals surface area contributed by atoms with Gasteiger partial charge >= 0.3 is 0 Å². The maximum absolute atomic E-state index is 10.7. The average molecular weight is 275 g/mol.